The Balaban J connectivity index is 0.000000711. The third-order valence-corrected chi connectivity index (χ3v) is 3.41. The highest BCUT2D eigenvalue weighted by Gasteiger charge is 1.95. The van der Waals surface area contributed by atoms with Crippen molar-refractivity contribution < 1.29 is 0 Å². The van der Waals surface area contributed by atoms with Crippen LogP contribution >= 0.6 is 11.8 Å². The summed E-state index contributed by atoms with van der Waals surface area (Å²) in [6.45, 7) is 16.1. The Morgan fingerprint density at radius 1 is 1.11 bits per heavy atom. The Morgan fingerprint density at radius 3 is 2.00 bits per heavy atom. The van der Waals surface area contributed by atoms with Gasteiger partial charge in [0.05, 0.1) is 0 Å². The zero-order valence-electron chi connectivity index (χ0n) is 12.7. The molecule has 104 valence electrons. The third kappa shape index (κ3) is 8.50. The van der Waals surface area contributed by atoms with Crippen LogP contribution in [0, 0.1) is 0 Å². The molecular formula is C18H26S. The van der Waals surface area contributed by atoms with Gasteiger partial charge in [-0.3, -0.25) is 0 Å². The topological polar surface area (TPSA) is 0 Å². The van der Waals surface area contributed by atoms with E-state index in [1.165, 1.54) is 24.0 Å². The average molecular weight is 274 g/mol. The van der Waals surface area contributed by atoms with Crippen LogP contribution in [-0.4, -0.2) is 0 Å². The minimum atomic E-state index is 1.11. The predicted octanol–water partition coefficient (Wildman–Crippen LogP) is 6.76. The molecule has 1 rings (SSSR count). The van der Waals surface area contributed by atoms with E-state index >= 15 is 0 Å². The van der Waals surface area contributed by atoms with Crippen molar-refractivity contribution in [2.24, 2.45) is 0 Å². The molecule has 0 atom stereocenters. The van der Waals surface area contributed by atoms with Crippen LogP contribution in [0.15, 0.2) is 47.7 Å². The number of rotatable bonds is 5. The molecule has 1 aromatic carbocycles. The van der Waals surface area contributed by atoms with Crippen molar-refractivity contribution in [1.29, 1.82) is 0 Å². The Bertz CT molecular complexity index is 408. The molecule has 0 bridgehead atoms. The first kappa shape index (κ1) is 17.8. The molecule has 0 spiro atoms. The molecule has 0 aromatic heterocycles. The van der Waals surface area contributed by atoms with E-state index in [1.807, 2.05) is 13.0 Å². The molecule has 0 radical (unpaired) electrons. The first-order valence-corrected chi connectivity index (χ1v) is 7.64. The summed E-state index contributed by atoms with van der Waals surface area (Å²) < 4.78 is 0. The Kier molecular flexibility index (Phi) is 10.0. The van der Waals surface area contributed by atoms with Gasteiger partial charge in [-0.05, 0) is 40.9 Å². The lowest BCUT2D eigenvalue weighted by molar-refractivity contribution is 0.886. The van der Waals surface area contributed by atoms with Crippen molar-refractivity contribution in [2.75, 3.05) is 0 Å². The van der Waals surface area contributed by atoms with Crippen molar-refractivity contribution >= 4 is 23.4 Å². The highest BCUT2D eigenvalue weighted by molar-refractivity contribution is 8.05. The van der Waals surface area contributed by atoms with Gasteiger partial charge in [-0.2, -0.15) is 0 Å². The van der Waals surface area contributed by atoms with Crippen LogP contribution in [0.4, 0.5) is 0 Å². The van der Waals surface area contributed by atoms with Gasteiger partial charge >= 0.3 is 0 Å². The molecule has 0 amide bonds. The monoisotopic (exact) mass is 274 g/mol. The molecule has 1 aromatic rings. The lowest BCUT2D eigenvalue weighted by Crippen LogP contribution is -1.79. The van der Waals surface area contributed by atoms with Gasteiger partial charge < -0.3 is 0 Å². The van der Waals surface area contributed by atoms with Crippen LogP contribution in [0.2, 0.25) is 0 Å². The maximum absolute atomic E-state index is 3.85. The number of hydrogen-bond acceptors (Lipinski definition) is 1. The van der Waals surface area contributed by atoms with Crippen LogP contribution in [0.1, 0.15) is 51.7 Å². The van der Waals surface area contributed by atoms with E-state index in [2.05, 4.69) is 63.6 Å². The molecule has 0 aliphatic heterocycles. The fourth-order valence-electron chi connectivity index (χ4n) is 1.14. The quantitative estimate of drug-likeness (QED) is 0.571. The molecule has 0 unspecified atom stereocenters. The van der Waals surface area contributed by atoms with E-state index in [9.17, 15) is 0 Å². The largest absolute Gasteiger partial charge is 0.103 e. The van der Waals surface area contributed by atoms with Gasteiger partial charge in [-0.25, -0.2) is 0 Å². The van der Waals surface area contributed by atoms with Crippen LogP contribution in [0.5, 0.6) is 0 Å². The number of thioether (sulfide) groups is 1. The van der Waals surface area contributed by atoms with Crippen molar-refractivity contribution in [3.63, 3.8) is 0 Å². The molecule has 0 heterocycles. The maximum atomic E-state index is 3.85. The fraction of sp³-hybridized carbons (Fsp3) is 0.333. The second-order valence-corrected chi connectivity index (χ2v) is 5.62. The zero-order valence-corrected chi connectivity index (χ0v) is 13.5. The molecule has 0 saturated carbocycles. The van der Waals surface area contributed by atoms with E-state index in [1.54, 1.807) is 11.8 Å². The molecule has 0 aliphatic carbocycles. The van der Waals surface area contributed by atoms with E-state index in [0.717, 1.165) is 10.5 Å². The molecule has 0 nitrogen and oxygen atoms in total. The van der Waals surface area contributed by atoms with Crippen molar-refractivity contribution in [2.45, 2.75) is 40.5 Å². The minimum absolute atomic E-state index is 1.11. The van der Waals surface area contributed by atoms with E-state index in [4.69, 9.17) is 0 Å². The van der Waals surface area contributed by atoms with Crippen LogP contribution in [-0.2, 0) is 0 Å². The Hall–Kier alpha value is -1.21. The molecular weight excluding hydrogens is 248 g/mol. The van der Waals surface area contributed by atoms with Gasteiger partial charge in [-0.15, -0.1) is 11.8 Å². The lowest BCUT2D eigenvalue weighted by Gasteiger charge is -2.02. The Labute approximate surface area is 123 Å². The summed E-state index contributed by atoms with van der Waals surface area (Å²) in [6, 6.07) is 8.37. The van der Waals surface area contributed by atoms with Crippen LogP contribution in [0.25, 0.3) is 11.6 Å². The lowest BCUT2D eigenvalue weighted by atomic mass is 10.1. The summed E-state index contributed by atoms with van der Waals surface area (Å²) in [5.74, 6) is 0. The summed E-state index contributed by atoms with van der Waals surface area (Å²) >= 11 is 1.67. The SMILES string of the molecule is C=Cc1ccc(/C(C)=C/SC(=C)C)cc1.CCCC. The molecule has 0 saturated heterocycles. The number of unbranched alkanes of at least 4 members (excludes halogenated alkanes) is 1. The van der Waals surface area contributed by atoms with Gasteiger partial charge in [0.15, 0.2) is 0 Å². The van der Waals surface area contributed by atoms with Crippen molar-refractivity contribution in [1.82, 2.24) is 0 Å². The molecule has 0 aliphatic rings. The van der Waals surface area contributed by atoms with Crippen molar-refractivity contribution in [3.05, 3.63) is 58.9 Å². The van der Waals surface area contributed by atoms with Gasteiger partial charge in [0.25, 0.3) is 0 Å². The van der Waals surface area contributed by atoms with Crippen LogP contribution in [0.3, 0.4) is 0 Å². The zero-order chi connectivity index (χ0) is 14.7. The molecule has 19 heavy (non-hydrogen) atoms. The first-order valence-electron chi connectivity index (χ1n) is 6.76. The standard InChI is InChI=1S/C14H16S.C4H10/c1-5-13-6-8-14(9-7-13)12(4)10-15-11(2)3;1-3-4-2/h5-10H,1-2H2,3-4H3;3-4H2,1-2H3/b12-10+;. The highest BCUT2D eigenvalue weighted by Crippen LogP contribution is 2.22. The molecule has 0 fully saturated rings. The number of hydrogen-bond donors (Lipinski definition) is 0. The van der Waals surface area contributed by atoms with Crippen LogP contribution < -0.4 is 0 Å². The predicted molar refractivity (Wildman–Crippen MR) is 93.2 cm³/mol. The second kappa shape index (κ2) is 10.7. The summed E-state index contributed by atoms with van der Waals surface area (Å²) in [4.78, 5) is 1.11. The highest BCUT2D eigenvalue weighted by atomic mass is 32.2. The summed E-state index contributed by atoms with van der Waals surface area (Å²) in [7, 11) is 0. The smallest absolute Gasteiger partial charge is 0.0210 e. The first-order chi connectivity index (χ1) is 9.04. The Morgan fingerprint density at radius 2 is 1.63 bits per heavy atom. The van der Waals surface area contributed by atoms with E-state index in [0.29, 0.717) is 0 Å². The molecule has 1 heteroatoms. The second-order valence-electron chi connectivity index (χ2n) is 4.45. The summed E-state index contributed by atoms with van der Waals surface area (Å²) in [5.41, 5.74) is 3.66. The average Bonchev–Trinajstić information content (AvgIpc) is 2.45. The summed E-state index contributed by atoms with van der Waals surface area (Å²) in [5, 5.41) is 2.13. The third-order valence-electron chi connectivity index (χ3n) is 2.54. The van der Waals surface area contributed by atoms with Gasteiger partial charge in [0.2, 0.25) is 0 Å². The minimum Gasteiger partial charge on any atom is -0.103 e. The summed E-state index contributed by atoms with van der Waals surface area (Å²) in [6.07, 6.45) is 4.49. The fourth-order valence-corrected chi connectivity index (χ4v) is 1.65. The maximum Gasteiger partial charge on any atom is -0.0210 e. The molecule has 0 N–H and O–H groups in total. The van der Waals surface area contributed by atoms with E-state index in [-0.39, 0.29) is 0 Å². The number of benzene rings is 1. The van der Waals surface area contributed by atoms with Crippen molar-refractivity contribution in [3.8, 4) is 0 Å². The van der Waals surface area contributed by atoms with Gasteiger partial charge in [0, 0.05) is 0 Å². The number of allylic oxidation sites excluding steroid dienone is 2. The van der Waals surface area contributed by atoms with E-state index < -0.39 is 0 Å². The van der Waals surface area contributed by atoms with Gasteiger partial charge in [-0.1, -0.05) is 70.2 Å². The normalized spacial score (nSPS) is 10.4. The van der Waals surface area contributed by atoms with Gasteiger partial charge in [0.1, 0.15) is 0 Å².